The molecule has 0 spiro atoms. The van der Waals surface area contributed by atoms with Crippen molar-refractivity contribution in [3.05, 3.63) is 91.6 Å². The first-order valence-electron chi connectivity index (χ1n) is 10.2. The second kappa shape index (κ2) is 9.23. The van der Waals surface area contributed by atoms with Gasteiger partial charge in [-0.05, 0) is 24.5 Å². The number of imidazole rings is 1. The lowest BCUT2D eigenvalue weighted by molar-refractivity contribution is 0.651. The van der Waals surface area contributed by atoms with Crippen molar-refractivity contribution in [3.8, 4) is 0 Å². The Balaban J connectivity index is 1.70. The molecule has 0 amide bonds. The number of rotatable bonds is 7. The molecule has 4 rings (SSSR count). The standard InChI is InChI=1S/C23H23ClN6O2/c1-28-20-19(21(31)29(2)23(28)32)30(14-8-11-16-9-4-3-5-10-16)22(26-20)27-25-15-17-12-6-7-13-18(17)24/h3-7,9-10,12-13,15H,8,11,14H2,1-2H3,(H,26,27)/b25-15+. The van der Waals surface area contributed by atoms with Crippen LogP contribution in [0.5, 0.6) is 0 Å². The highest BCUT2D eigenvalue weighted by Crippen LogP contribution is 2.18. The monoisotopic (exact) mass is 450 g/mol. The maximum atomic E-state index is 12.9. The molecule has 164 valence electrons. The maximum absolute atomic E-state index is 12.9. The van der Waals surface area contributed by atoms with Crippen molar-refractivity contribution in [2.24, 2.45) is 19.2 Å². The van der Waals surface area contributed by atoms with Crippen molar-refractivity contribution in [2.75, 3.05) is 5.43 Å². The fourth-order valence-electron chi connectivity index (χ4n) is 3.57. The van der Waals surface area contributed by atoms with Gasteiger partial charge in [0.15, 0.2) is 11.2 Å². The molecule has 0 saturated heterocycles. The number of hydrazone groups is 1. The van der Waals surface area contributed by atoms with Crippen molar-refractivity contribution < 1.29 is 0 Å². The van der Waals surface area contributed by atoms with E-state index < -0.39 is 11.2 Å². The molecule has 4 aromatic rings. The third kappa shape index (κ3) is 4.22. The van der Waals surface area contributed by atoms with Crippen LogP contribution in [0.25, 0.3) is 11.2 Å². The second-order valence-electron chi connectivity index (χ2n) is 7.45. The zero-order chi connectivity index (χ0) is 22.7. The van der Waals surface area contributed by atoms with Crippen molar-refractivity contribution in [3.63, 3.8) is 0 Å². The topological polar surface area (TPSA) is 86.2 Å². The Morgan fingerprint density at radius 1 is 1.03 bits per heavy atom. The molecule has 0 bridgehead atoms. The van der Waals surface area contributed by atoms with Crippen LogP contribution in [-0.2, 0) is 27.1 Å². The number of nitrogens with zero attached hydrogens (tertiary/aromatic N) is 5. The molecule has 0 fully saturated rings. The molecule has 8 nitrogen and oxygen atoms in total. The highest BCUT2D eigenvalue weighted by molar-refractivity contribution is 6.33. The van der Waals surface area contributed by atoms with Crippen LogP contribution in [0.4, 0.5) is 5.95 Å². The minimum absolute atomic E-state index is 0.313. The van der Waals surface area contributed by atoms with Crippen molar-refractivity contribution in [1.82, 2.24) is 18.7 Å². The van der Waals surface area contributed by atoms with E-state index in [0.29, 0.717) is 28.7 Å². The Bertz CT molecular complexity index is 1400. The molecular weight excluding hydrogens is 428 g/mol. The first-order chi connectivity index (χ1) is 15.5. The summed E-state index contributed by atoms with van der Waals surface area (Å²) in [5, 5.41) is 4.83. The van der Waals surface area contributed by atoms with Gasteiger partial charge in [0.05, 0.1) is 6.21 Å². The fourth-order valence-corrected chi connectivity index (χ4v) is 3.76. The van der Waals surface area contributed by atoms with Crippen LogP contribution < -0.4 is 16.7 Å². The van der Waals surface area contributed by atoms with E-state index in [4.69, 9.17) is 11.6 Å². The predicted molar refractivity (Wildman–Crippen MR) is 128 cm³/mol. The molecule has 2 aromatic heterocycles. The Hall–Kier alpha value is -3.65. The average Bonchev–Trinajstić information content (AvgIpc) is 3.17. The number of aryl methyl sites for hydroxylation is 3. The van der Waals surface area contributed by atoms with E-state index in [1.54, 1.807) is 23.9 Å². The SMILES string of the molecule is Cn1c(=O)c2c(nc(N/N=C/c3ccccc3Cl)n2CCCc2ccccc2)n(C)c1=O. The maximum Gasteiger partial charge on any atom is 0.332 e. The number of hydrogen-bond donors (Lipinski definition) is 1. The van der Waals surface area contributed by atoms with Crippen molar-refractivity contribution >= 4 is 34.9 Å². The van der Waals surface area contributed by atoms with Gasteiger partial charge in [-0.2, -0.15) is 10.1 Å². The molecule has 1 N–H and O–H groups in total. The summed E-state index contributed by atoms with van der Waals surface area (Å²) in [7, 11) is 3.07. The molecule has 0 aliphatic heterocycles. The molecule has 9 heteroatoms. The summed E-state index contributed by atoms with van der Waals surface area (Å²) in [6, 6.07) is 17.5. The van der Waals surface area contributed by atoms with Crippen LogP contribution in [0.3, 0.4) is 0 Å². The molecule has 0 aliphatic carbocycles. The van der Waals surface area contributed by atoms with Gasteiger partial charge in [-0.1, -0.05) is 60.1 Å². The van der Waals surface area contributed by atoms with E-state index in [-0.39, 0.29) is 0 Å². The molecule has 0 unspecified atom stereocenters. The van der Waals surface area contributed by atoms with Crippen LogP contribution in [-0.4, -0.2) is 24.9 Å². The van der Waals surface area contributed by atoms with Gasteiger partial charge in [-0.15, -0.1) is 0 Å². The highest BCUT2D eigenvalue weighted by Gasteiger charge is 2.18. The molecule has 0 radical (unpaired) electrons. The van der Waals surface area contributed by atoms with E-state index in [0.717, 1.165) is 23.0 Å². The first kappa shape index (κ1) is 21.6. The van der Waals surface area contributed by atoms with Crippen LogP contribution in [0.1, 0.15) is 17.5 Å². The molecule has 0 aliphatic rings. The Morgan fingerprint density at radius 2 is 1.75 bits per heavy atom. The van der Waals surface area contributed by atoms with Gasteiger partial charge in [0.2, 0.25) is 5.95 Å². The van der Waals surface area contributed by atoms with Gasteiger partial charge in [0, 0.05) is 31.2 Å². The zero-order valence-corrected chi connectivity index (χ0v) is 18.6. The van der Waals surface area contributed by atoms with Crippen molar-refractivity contribution in [1.29, 1.82) is 0 Å². The zero-order valence-electron chi connectivity index (χ0n) is 17.8. The number of benzene rings is 2. The first-order valence-corrected chi connectivity index (χ1v) is 10.6. The van der Waals surface area contributed by atoms with Crippen LogP contribution in [0.2, 0.25) is 5.02 Å². The third-order valence-corrected chi connectivity index (χ3v) is 5.66. The minimum atomic E-state index is -0.428. The minimum Gasteiger partial charge on any atom is -0.303 e. The smallest absolute Gasteiger partial charge is 0.303 e. The van der Waals surface area contributed by atoms with E-state index in [9.17, 15) is 9.59 Å². The van der Waals surface area contributed by atoms with Gasteiger partial charge in [0.1, 0.15) is 0 Å². The number of anilines is 1. The van der Waals surface area contributed by atoms with Gasteiger partial charge in [0.25, 0.3) is 5.56 Å². The van der Waals surface area contributed by atoms with Gasteiger partial charge in [-0.3, -0.25) is 13.9 Å². The summed E-state index contributed by atoms with van der Waals surface area (Å²) in [6.45, 7) is 0.531. The third-order valence-electron chi connectivity index (χ3n) is 5.31. The lowest BCUT2D eigenvalue weighted by atomic mass is 10.1. The molecule has 2 aromatic carbocycles. The van der Waals surface area contributed by atoms with Gasteiger partial charge >= 0.3 is 5.69 Å². The molecule has 2 heterocycles. The normalized spacial score (nSPS) is 11.5. The Kier molecular flexibility index (Phi) is 6.23. The summed E-state index contributed by atoms with van der Waals surface area (Å²) >= 11 is 6.18. The Labute approximate surface area is 189 Å². The molecular formula is C23H23ClN6O2. The number of nitrogens with one attached hydrogen (secondary N) is 1. The van der Waals surface area contributed by atoms with Crippen LogP contribution in [0.15, 0.2) is 69.3 Å². The molecule has 0 atom stereocenters. The lowest BCUT2D eigenvalue weighted by Crippen LogP contribution is -2.37. The van der Waals surface area contributed by atoms with E-state index in [2.05, 4.69) is 27.6 Å². The predicted octanol–water partition coefficient (Wildman–Crippen LogP) is 3.17. The molecule has 32 heavy (non-hydrogen) atoms. The highest BCUT2D eigenvalue weighted by atomic mass is 35.5. The van der Waals surface area contributed by atoms with E-state index >= 15 is 0 Å². The van der Waals surface area contributed by atoms with E-state index in [1.165, 1.54) is 17.2 Å². The summed E-state index contributed by atoms with van der Waals surface area (Å²) in [5.41, 5.74) is 4.73. The molecule has 0 saturated carbocycles. The summed E-state index contributed by atoms with van der Waals surface area (Å²) in [6.07, 6.45) is 3.21. The number of aromatic nitrogens is 4. The summed E-state index contributed by atoms with van der Waals surface area (Å²) < 4.78 is 4.24. The average molecular weight is 451 g/mol. The fraction of sp³-hybridized carbons (Fsp3) is 0.217. The van der Waals surface area contributed by atoms with Crippen molar-refractivity contribution in [2.45, 2.75) is 19.4 Å². The Morgan fingerprint density at radius 3 is 2.50 bits per heavy atom. The largest absolute Gasteiger partial charge is 0.332 e. The van der Waals surface area contributed by atoms with Crippen LogP contribution in [0, 0.1) is 0 Å². The summed E-state index contributed by atoms with van der Waals surface area (Å²) in [5.74, 6) is 0.384. The quantitative estimate of drug-likeness (QED) is 0.346. The second-order valence-corrected chi connectivity index (χ2v) is 7.85. The summed E-state index contributed by atoms with van der Waals surface area (Å²) in [4.78, 5) is 29.8. The van der Waals surface area contributed by atoms with Gasteiger partial charge in [-0.25, -0.2) is 10.2 Å². The van der Waals surface area contributed by atoms with Crippen LogP contribution >= 0.6 is 11.6 Å². The number of halogens is 1. The number of hydrogen-bond acceptors (Lipinski definition) is 5. The number of fused-ring (bicyclic) bond motifs is 1. The van der Waals surface area contributed by atoms with E-state index in [1.807, 2.05) is 36.4 Å². The van der Waals surface area contributed by atoms with Gasteiger partial charge < -0.3 is 4.57 Å². The lowest BCUT2D eigenvalue weighted by Gasteiger charge is -2.09.